The number of hydroxylamine groups is 2. The summed E-state index contributed by atoms with van der Waals surface area (Å²) in [7, 11) is 3.65. The van der Waals surface area contributed by atoms with E-state index in [1.165, 1.54) is 12.3 Å². The lowest BCUT2D eigenvalue weighted by Crippen LogP contribution is -2.29. The van der Waals surface area contributed by atoms with Gasteiger partial charge in [0.1, 0.15) is 24.2 Å². The van der Waals surface area contributed by atoms with E-state index in [1.807, 2.05) is 55.1 Å². The molecule has 0 radical (unpaired) electrons. The number of hydrogen-bond acceptors (Lipinski definition) is 9. The van der Waals surface area contributed by atoms with Crippen molar-refractivity contribution in [2.75, 3.05) is 51.9 Å². The summed E-state index contributed by atoms with van der Waals surface area (Å²) < 4.78 is 26.8. The van der Waals surface area contributed by atoms with Crippen molar-refractivity contribution in [3.8, 4) is 22.8 Å². The number of aromatic nitrogens is 4. The number of hydrogen-bond donors (Lipinski definition) is 0. The van der Waals surface area contributed by atoms with Crippen molar-refractivity contribution in [3.63, 3.8) is 0 Å². The average molecular weight is 587 g/mol. The molecule has 0 saturated carbocycles. The number of nitrogens with zero attached hydrogens (tertiary/aromatic N) is 6. The molecule has 2 aliphatic heterocycles. The van der Waals surface area contributed by atoms with Crippen LogP contribution < -0.4 is 9.64 Å². The van der Waals surface area contributed by atoms with Gasteiger partial charge in [0.2, 0.25) is 11.8 Å². The van der Waals surface area contributed by atoms with Crippen molar-refractivity contribution in [2.24, 2.45) is 5.92 Å². The molecule has 1 fully saturated rings. The van der Waals surface area contributed by atoms with Gasteiger partial charge >= 0.3 is 0 Å². The molecule has 3 aromatic heterocycles. The Kier molecular flexibility index (Phi) is 8.46. The van der Waals surface area contributed by atoms with Crippen molar-refractivity contribution >= 4 is 11.5 Å². The molecule has 224 valence electrons. The van der Waals surface area contributed by atoms with E-state index in [4.69, 9.17) is 19.4 Å². The second-order valence-corrected chi connectivity index (χ2v) is 11.0. The molecule has 0 spiro atoms. The van der Waals surface area contributed by atoms with E-state index in [0.717, 1.165) is 40.4 Å². The smallest absolute Gasteiger partial charge is 0.237 e. The number of rotatable bonds is 10. The number of fused-ring (bicyclic) bond motifs is 1. The van der Waals surface area contributed by atoms with Crippen LogP contribution in [0.4, 0.5) is 10.1 Å². The van der Waals surface area contributed by atoms with Crippen LogP contribution in [0.1, 0.15) is 29.3 Å². The van der Waals surface area contributed by atoms with E-state index in [9.17, 15) is 9.18 Å². The van der Waals surface area contributed by atoms with Crippen LogP contribution in [0.15, 0.2) is 60.9 Å². The molecule has 5 heterocycles. The molecular formula is C32H35FN6O4. The maximum absolute atomic E-state index is 14.0. The predicted octanol–water partition coefficient (Wildman–Crippen LogP) is 4.36. The van der Waals surface area contributed by atoms with Crippen LogP contribution in [0.2, 0.25) is 0 Å². The third kappa shape index (κ3) is 6.15. The van der Waals surface area contributed by atoms with Crippen molar-refractivity contribution in [1.82, 2.24) is 24.8 Å². The molecule has 0 unspecified atom stereocenters. The SMILES string of the molecule is COCCN1C[C@@H](CC(=O)Cc2c(C)c(-c3cnc4c(c3)N(C)CCO4)nn2-c2ccccc2)[C@H](c2ccnc(F)c2)O1. The van der Waals surface area contributed by atoms with E-state index in [2.05, 4.69) is 14.9 Å². The average Bonchev–Trinajstić information content (AvgIpc) is 3.57. The van der Waals surface area contributed by atoms with E-state index in [-0.39, 0.29) is 24.5 Å². The number of Topliss-reactive ketones (excluding diaryl/α,β-unsaturated/α-hetero) is 1. The molecular weight excluding hydrogens is 551 g/mol. The van der Waals surface area contributed by atoms with Gasteiger partial charge in [0.25, 0.3) is 0 Å². The minimum Gasteiger partial charge on any atom is -0.474 e. The second kappa shape index (κ2) is 12.6. The summed E-state index contributed by atoms with van der Waals surface area (Å²) in [5.74, 6) is -0.0922. The molecule has 0 aliphatic carbocycles. The first kappa shape index (κ1) is 28.9. The summed E-state index contributed by atoms with van der Waals surface area (Å²) in [5.41, 5.74) is 5.78. The molecule has 1 aromatic carbocycles. The Hall–Kier alpha value is -4.19. The van der Waals surface area contributed by atoms with Crippen LogP contribution in [0.3, 0.4) is 0 Å². The number of carbonyl (C=O) groups is 1. The van der Waals surface area contributed by atoms with Crippen LogP contribution >= 0.6 is 0 Å². The van der Waals surface area contributed by atoms with Gasteiger partial charge in [0.15, 0.2) is 0 Å². The van der Waals surface area contributed by atoms with E-state index in [1.54, 1.807) is 24.4 Å². The summed E-state index contributed by atoms with van der Waals surface area (Å²) >= 11 is 0. The first-order chi connectivity index (χ1) is 20.9. The fourth-order valence-corrected chi connectivity index (χ4v) is 5.78. The number of halogens is 1. The first-order valence-electron chi connectivity index (χ1n) is 14.4. The molecule has 43 heavy (non-hydrogen) atoms. The highest BCUT2D eigenvalue weighted by Crippen LogP contribution is 2.38. The molecule has 10 nitrogen and oxygen atoms in total. The van der Waals surface area contributed by atoms with Gasteiger partial charge in [-0.2, -0.15) is 14.6 Å². The van der Waals surface area contributed by atoms with Crippen LogP contribution in [0.25, 0.3) is 16.9 Å². The van der Waals surface area contributed by atoms with Gasteiger partial charge in [-0.25, -0.2) is 14.6 Å². The minimum absolute atomic E-state index is 0.0464. The molecule has 6 rings (SSSR count). The third-order valence-corrected chi connectivity index (χ3v) is 8.03. The number of ether oxygens (including phenoxy) is 2. The number of para-hydroxylation sites is 1. The lowest BCUT2D eigenvalue weighted by molar-refractivity contribution is -0.155. The van der Waals surface area contributed by atoms with E-state index in [0.29, 0.717) is 37.7 Å². The summed E-state index contributed by atoms with van der Waals surface area (Å²) in [6.07, 6.45) is 3.18. The quantitative estimate of drug-likeness (QED) is 0.251. The monoisotopic (exact) mass is 586 g/mol. The number of methoxy groups -OCH3 is 1. The van der Waals surface area contributed by atoms with Crippen molar-refractivity contribution < 1.29 is 23.5 Å². The molecule has 4 aromatic rings. The fraction of sp³-hybridized carbons (Fsp3) is 0.375. The predicted molar refractivity (Wildman–Crippen MR) is 159 cm³/mol. The molecule has 0 amide bonds. The molecule has 11 heteroatoms. The lowest BCUT2D eigenvalue weighted by atomic mass is 9.91. The minimum atomic E-state index is -0.578. The Morgan fingerprint density at radius 3 is 2.79 bits per heavy atom. The Labute approximate surface area is 250 Å². The van der Waals surface area contributed by atoms with Gasteiger partial charge in [0.05, 0.1) is 30.2 Å². The van der Waals surface area contributed by atoms with E-state index < -0.39 is 12.1 Å². The molecule has 2 atom stereocenters. The fourth-order valence-electron chi connectivity index (χ4n) is 5.78. The van der Waals surface area contributed by atoms with Crippen molar-refractivity contribution in [2.45, 2.75) is 25.9 Å². The normalized spacial score (nSPS) is 18.5. The van der Waals surface area contributed by atoms with Crippen molar-refractivity contribution in [1.29, 1.82) is 0 Å². The Bertz CT molecular complexity index is 1600. The summed E-state index contributed by atoms with van der Waals surface area (Å²) in [6.45, 7) is 4.92. The van der Waals surface area contributed by atoms with Gasteiger partial charge < -0.3 is 14.4 Å². The van der Waals surface area contributed by atoms with Gasteiger partial charge in [-0.15, -0.1) is 0 Å². The van der Waals surface area contributed by atoms with Gasteiger partial charge in [-0.1, -0.05) is 18.2 Å². The molecule has 0 N–H and O–H groups in total. The zero-order valence-electron chi connectivity index (χ0n) is 24.6. The van der Waals surface area contributed by atoms with Crippen LogP contribution in [0, 0.1) is 18.8 Å². The number of likely N-dealkylation sites (N-methyl/N-ethyl adjacent to an activating group) is 1. The van der Waals surface area contributed by atoms with Gasteiger partial charge in [-0.3, -0.25) is 9.63 Å². The maximum Gasteiger partial charge on any atom is 0.237 e. The zero-order valence-corrected chi connectivity index (χ0v) is 24.6. The molecule has 1 saturated heterocycles. The second-order valence-electron chi connectivity index (χ2n) is 11.0. The Morgan fingerprint density at radius 1 is 1.16 bits per heavy atom. The highest BCUT2D eigenvalue weighted by molar-refractivity contribution is 5.82. The highest BCUT2D eigenvalue weighted by Gasteiger charge is 2.37. The number of ketones is 1. The van der Waals surface area contributed by atoms with Crippen molar-refractivity contribution in [3.05, 3.63) is 83.7 Å². The third-order valence-electron chi connectivity index (χ3n) is 8.03. The molecule has 2 aliphatic rings. The van der Waals surface area contributed by atoms with Crippen LogP contribution in [-0.4, -0.2) is 77.6 Å². The van der Waals surface area contributed by atoms with E-state index >= 15 is 0 Å². The zero-order chi connectivity index (χ0) is 29.9. The van der Waals surface area contributed by atoms with Crippen LogP contribution in [0.5, 0.6) is 5.88 Å². The lowest BCUT2D eigenvalue weighted by Gasteiger charge is -2.26. The molecule has 0 bridgehead atoms. The first-order valence-corrected chi connectivity index (χ1v) is 14.4. The van der Waals surface area contributed by atoms with Crippen LogP contribution in [-0.2, 0) is 20.8 Å². The Morgan fingerprint density at radius 2 is 2.00 bits per heavy atom. The highest BCUT2D eigenvalue weighted by atomic mass is 19.1. The summed E-state index contributed by atoms with van der Waals surface area (Å²) in [4.78, 5) is 30.3. The summed E-state index contributed by atoms with van der Waals surface area (Å²) in [6, 6.07) is 15.0. The largest absolute Gasteiger partial charge is 0.474 e. The van der Waals surface area contributed by atoms with Gasteiger partial charge in [-0.05, 0) is 48.4 Å². The summed E-state index contributed by atoms with van der Waals surface area (Å²) in [5, 5.41) is 6.79. The Balaban J connectivity index is 1.30. The number of benzene rings is 1. The maximum atomic E-state index is 14.0. The number of pyridine rings is 2. The number of anilines is 1. The standard InChI is InChI=1S/C32H35FN6O4/c1-21-27(18-26(40)15-24-20-38(12-13-41-3)43-31(24)22-9-10-34-29(33)17-22)39(25-7-5-4-6-8-25)36-30(21)23-16-28-32(35-19-23)42-14-11-37(28)2/h4-10,16-17,19,24,31H,11-15,18,20H2,1-3H3/t24-,31+/m1/s1. The topological polar surface area (TPSA) is 94.8 Å². The van der Waals surface area contributed by atoms with Gasteiger partial charge in [0, 0.05) is 64.0 Å². The number of carbonyl (C=O) groups excluding carboxylic acids is 1.